The zero-order valence-electron chi connectivity index (χ0n) is 12.1. The number of nitrogens with zero attached hydrogens (tertiary/aromatic N) is 2. The lowest BCUT2D eigenvalue weighted by atomic mass is 10.1. The highest BCUT2D eigenvalue weighted by Gasteiger charge is 2.09. The highest BCUT2D eigenvalue weighted by atomic mass is 35.5. The van der Waals surface area contributed by atoms with Gasteiger partial charge in [0.15, 0.2) is 5.78 Å². The van der Waals surface area contributed by atoms with Crippen LogP contribution in [0.4, 0.5) is 11.4 Å². The first-order chi connectivity index (χ1) is 11.0. The molecule has 1 aromatic heterocycles. The molecule has 23 heavy (non-hydrogen) atoms. The molecule has 0 unspecified atom stereocenters. The van der Waals surface area contributed by atoms with E-state index >= 15 is 0 Å². The van der Waals surface area contributed by atoms with Crippen LogP contribution in [0.2, 0.25) is 5.02 Å². The van der Waals surface area contributed by atoms with E-state index in [0.29, 0.717) is 27.4 Å². The quantitative estimate of drug-likeness (QED) is 0.383. The Morgan fingerprint density at radius 2 is 1.65 bits per heavy atom. The Kier molecular flexibility index (Phi) is 4.04. The van der Waals surface area contributed by atoms with E-state index in [1.54, 1.807) is 42.5 Å². The Morgan fingerprint density at radius 3 is 2.35 bits per heavy atom. The summed E-state index contributed by atoms with van der Waals surface area (Å²) in [7, 11) is 0. The third-order valence-electron chi connectivity index (χ3n) is 3.20. The van der Waals surface area contributed by atoms with Crippen molar-refractivity contribution in [3.8, 4) is 0 Å². The van der Waals surface area contributed by atoms with Crippen molar-refractivity contribution in [1.82, 2.24) is 0 Å². The summed E-state index contributed by atoms with van der Waals surface area (Å²) in [5.74, 6) is -0.339. The number of halogens is 1. The highest BCUT2D eigenvalue weighted by Crippen LogP contribution is 2.24. The van der Waals surface area contributed by atoms with E-state index in [-0.39, 0.29) is 11.3 Å². The van der Waals surface area contributed by atoms with Crippen molar-refractivity contribution in [3.63, 3.8) is 0 Å². The van der Waals surface area contributed by atoms with E-state index < -0.39 is 5.63 Å². The number of carbonyl (C=O) groups is 1. The van der Waals surface area contributed by atoms with Crippen molar-refractivity contribution < 1.29 is 9.21 Å². The zero-order chi connectivity index (χ0) is 16.4. The second-order valence-corrected chi connectivity index (χ2v) is 5.34. The lowest BCUT2D eigenvalue weighted by Gasteiger charge is -2.00. The molecule has 0 saturated heterocycles. The molecule has 1 heterocycles. The second-order valence-electron chi connectivity index (χ2n) is 4.90. The fourth-order valence-electron chi connectivity index (χ4n) is 2.04. The van der Waals surface area contributed by atoms with Crippen LogP contribution in [0.25, 0.3) is 11.0 Å². The average Bonchev–Trinajstić information content (AvgIpc) is 2.53. The molecule has 3 aromatic rings. The molecule has 0 aliphatic heterocycles. The first kappa shape index (κ1) is 15.1. The summed E-state index contributed by atoms with van der Waals surface area (Å²) in [5, 5.41) is 9.48. The van der Waals surface area contributed by atoms with Crippen molar-refractivity contribution in [2.45, 2.75) is 6.92 Å². The number of carbonyl (C=O) groups excluding carboxylic acids is 1. The third kappa shape index (κ3) is 3.35. The molecule has 0 amide bonds. The van der Waals surface area contributed by atoms with Crippen LogP contribution in [-0.4, -0.2) is 5.78 Å². The molecule has 0 aliphatic rings. The van der Waals surface area contributed by atoms with Crippen LogP contribution >= 0.6 is 11.6 Å². The van der Waals surface area contributed by atoms with Gasteiger partial charge in [-0.1, -0.05) is 11.6 Å². The molecule has 0 aliphatic carbocycles. The summed E-state index contributed by atoms with van der Waals surface area (Å²) in [6.45, 7) is 1.32. The van der Waals surface area contributed by atoms with E-state index in [1.165, 1.54) is 13.0 Å². The molecule has 0 bridgehead atoms. The number of hydrogen-bond acceptors (Lipinski definition) is 5. The van der Waals surface area contributed by atoms with Crippen LogP contribution in [0.5, 0.6) is 0 Å². The molecule has 0 spiro atoms. The Hall–Kier alpha value is -2.79. The van der Waals surface area contributed by atoms with Crippen LogP contribution in [-0.2, 0) is 0 Å². The lowest BCUT2D eigenvalue weighted by molar-refractivity contribution is 0.101. The fraction of sp³-hybridized carbons (Fsp3) is 0.0588. The van der Waals surface area contributed by atoms with Crippen molar-refractivity contribution in [3.05, 3.63) is 69.5 Å². The minimum Gasteiger partial charge on any atom is -0.422 e. The summed E-state index contributed by atoms with van der Waals surface area (Å²) in [6, 6.07) is 13.5. The third-order valence-corrected chi connectivity index (χ3v) is 3.45. The first-order valence-corrected chi connectivity index (χ1v) is 7.17. The van der Waals surface area contributed by atoms with Gasteiger partial charge in [0, 0.05) is 10.4 Å². The predicted octanol–water partition coefficient (Wildman–Crippen LogP) is 5.06. The van der Waals surface area contributed by atoms with Crippen LogP contribution < -0.4 is 5.63 Å². The molecular weight excluding hydrogens is 316 g/mol. The van der Waals surface area contributed by atoms with E-state index in [4.69, 9.17) is 16.0 Å². The number of hydrogen-bond donors (Lipinski definition) is 0. The molecular formula is C17H11ClN2O3. The van der Waals surface area contributed by atoms with Crippen LogP contribution in [0.15, 0.2) is 68.0 Å². The van der Waals surface area contributed by atoms with Gasteiger partial charge in [-0.05, 0) is 55.5 Å². The maximum absolute atomic E-state index is 11.7. The normalized spacial score (nSPS) is 11.2. The highest BCUT2D eigenvalue weighted by molar-refractivity contribution is 6.30. The minimum atomic E-state index is -0.638. The van der Waals surface area contributed by atoms with Crippen molar-refractivity contribution in [2.75, 3.05) is 0 Å². The van der Waals surface area contributed by atoms with E-state index in [0.717, 1.165) is 0 Å². The molecule has 0 atom stereocenters. The number of azo groups is 1. The van der Waals surface area contributed by atoms with Crippen LogP contribution in [0.1, 0.15) is 17.3 Å². The Morgan fingerprint density at radius 1 is 1.00 bits per heavy atom. The topological polar surface area (TPSA) is 72.0 Å². The van der Waals surface area contributed by atoms with Crippen LogP contribution in [0, 0.1) is 0 Å². The Labute approximate surface area is 136 Å². The van der Waals surface area contributed by atoms with Gasteiger partial charge in [-0.25, -0.2) is 4.79 Å². The molecule has 3 rings (SSSR count). The molecule has 114 valence electrons. The lowest BCUT2D eigenvalue weighted by Crippen LogP contribution is -2.10. The molecule has 0 saturated carbocycles. The molecule has 0 fully saturated rings. The van der Waals surface area contributed by atoms with E-state index in [9.17, 15) is 9.59 Å². The smallest absolute Gasteiger partial charge is 0.347 e. The predicted molar refractivity (Wildman–Crippen MR) is 88.1 cm³/mol. The first-order valence-electron chi connectivity index (χ1n) is 6.79. The van der Waals surface area contributed by atoms with Gasteiger partial charge in [0.2, 0.25) is 0 Å². The molecule has 2 aromatic carbocycles. The standard InChI is InChI=1S/C17H11ClN2O3/c1-10(21)15-9-11-8-14(6-7-16(11)23-17(15)22)20-19-13-4-2-12(18)3-5-13/h2-9H,1H3. The Balaban J connectivity index is 1.99. The number of fused-ring (bicyclic) bond motifs is 1. The van der Waals surface area contributed by atoms with Crippen molar-refractivity contribution in [1.29, 1.82) is 0 Å². The van der Waals surface area contributed by atoms with Gasteiger partial charge in [-0.2, -0.15) is 10.2 Å². The van der Waals surface area contributed by atoms with E-state index in [1.807, 2.05) is 0 Å². The number of benzene rings is 2. The van der Waals surface area contributed by atoms with Gasteiger partial charge in [-0.3, -0.25) is 4.79 Å². The SMILES string of the molecule is CC(=O)c1cc2cc(N=Nc3ccc(Cl)cc3)ccc2oc1=O. The van der Waals surface area contributed by atoms with Gasteiger partial charge in [0.05, 0.1) is 11.4 Å². The number of rotatable bonds is 3. The van der Waals surface area contributed by atoms with Gasteiger partial charge in [0.1, 0.15) is 11.1 Å². The summed E-state index contributed by atoms with van der Waals surface area (Å²) in [6.07, 6.45) is 0. The van der Waals surface area contributed by atoms with Gasteiger partial charge in [0.25, 0.3) is 0 Å². The monoisotopic (exact) mass is 326 g/mol. The summed E-state index contributed by atoms with van der Waals surface area (Å²) >= 11 is 5.81. The number of ketones is 1. The Bertz CT molecular complexity index is 975. The largest absolute Gasteiger partial charge is 0.422 e. The summed E-state index contributed by atoms with van der Waals surface area (Å²) in [5.41, 5.74) is 1.02. The second kappa shape index (κ2) is 6.14. The van der Waals surface area contributed by atoms with Crippen LogP contribution in [0.3, 0.4) is 0 Å². The van der Waals surface area contributed by atoms with E-state index in [2.05, 4.69) is 10.2 Å². The molecule has 0 N–H and O–H groups in total. The van der Waals surface area contributed by atoms with Gasteiger partial charge >= 0.3 is 5.63 Å². The summed E-state index contributed by atoms with van der Waals surface area (Å²) < 4.78 is 5.12. The fourth-order valence-corrected chi connectivity index (χ4v) is 2.17. The average molecular weight is 327 g/mol. The number of Topliss-reactive ketones (excluding diaryl/α,β-unsaturated/α-hetero) is 1. The summed E-state index contributed by atoms with van der Waals surface area (Å²) in [4.78, 5) is 23.1. The molecule has 5 nitrogen and oxygen atoms in total. The molecule has 6 heteroatoms. The molecule has 0 radical (unpaired) electrons. The van der Waals surface area contributed by atoms with Crippen molar-refractivity contribution >= 4 is 39.7 Å². The van der Waals surface area contributed by atoms with Gasteiger partial charge < -0.3 is 4.42 Å². The maximum Gasteiger partial charge on any atom is 0.347 e. The van der Waals surface area contributed by atoms with Crippen molar-refractivity contribution in [2.24, 2.45) is 10.2 Å². The van der Waals surface area contributed by atoms with Gasteiger partial charge in [-0.15, -0.1) is 0 Å². The minimum absolute atomic E-state index is 0.0179. The maximum atomic E-state index is 11.7. The zero-order valence-corrected chi connectivity index (χ0v) is 12.9.